The fourth-order valence-electron chi connectivity index (χ4n) is 3.79. The van der Waals surface area contributed by atoms with Crippen LogP contribution in [0.1, 0.15) is 27.0 Å². The van der Waals surface area contributed by atoms with Crippen LogP contribution in [-0.2, 0) is 19.4 Å². The van der Waals surface area contributed by atoms with Crippen molar-refractivity contribution in [1.82, 2.24) is 4.90 Å². The lowest BCUT2D eigenvalue weighted by Crippen LogP contribution is -2.26. The molecule has 132 valence electrons. The normalized spacial score (nSPS) is 12.4. The molecule has 0 aromatic heterocycles. The molecule has 0 bridgehead atoms. The zero-order valence-corrected chi connectivity index (χ0v) is 14.9. The Morgan fingerprint density at radius 2 is 1.88 bits per heavy atom. The number of methoxy groups -OCH3 is 1. The number of ether oxygens (including phenoxy) is 1. The van der Waals surface area contributed by atoms with Crippen molar-refractivity contribution < 1.29 is 13.9 Å². The topological polar surface area (TPSA) is 29.5 Å². The highest BCUT2D eigenvalue weighted by Gasteiger charge is 2.21. The van der Waals surface area contributed by atoms with Crippen LogP contribution in [0.25, 0.3) is 10.8 Å². The van der Waals surface area contributed by atoms with Gasteiger partial charge in [0.2, 0.25) is 0 Å². The Bertz CT molecular complexity index is 1000. The number of halogens is 1. The summed E-state index contributed by atoms with van der Waals surface area (Å²) in [6.45, 7) is 0.336. The highest BCUT2D eigenvalue weighted by atomic mass is 19.1. The maximum absolute atomic E-state index is 13.9. The predicted octanol–water partition coefficient (Wildman–Crippen LogP) is 4.36. The van der Waals surface area contributed by atoms with Gasteiger partial charge in [-0.2, -0.15) is 0 Å². The van der Waals surface area contributed by atoms with E-state index in [1.807, 2.05) is 18.2 Å². The van der Waals surface area contributed by atoms with Crippen LogP contribution in [0.2, 0.25) is 0 Å². The van der Waals surface area contributed by atoms with E-state index in [0.717, 1.165) is 23.8 Å². The minimum atomic E-state index is -0.420. The maximum atomic E-state index is 13.9. The summed E-state index contributed by atoms with van der Waals surface area (Å²) in [6, 6.07) is 14.9. The number of rotatable bonds is 4. The number of amides is 1. The molecule has 3 nitrogen and oxygen atoms in total. The molecular formula is C22H20FNO2. The third-order valence-corrected chi connectivity index (χ3v) is 5.09. The van der Waals surface area contributed by atoms with Crippen molar-refractivity contribution in [2.75, 3.05) is 14.2 Å². The first kappa shape index (κ1) is 16.6. The van der Waals surface area contributed by atoms with E-state index in [-0.39, 0.29) is 11.7 Å². The second kappa shape index (κ2) is 6.45. The van der Waals surface area contributed by atoms with E-state index >= 15 is 0 Å². The van der Waals surface area contributed by atoms with Gasteiger partial charge in [0.15, 0.2) is 11.6 Å². The summed E-state index contributed by atoms with van der Waals surface area (Å²) >= 11 is 0. The predicted molar refractivity (Wildman–Crippen MR) is 100 cm³/mol. The average Bonchev–Trinajstić information content (AvgIpc) is 3.07. The van der Waals surface area contributed by atoms with Gasteiger partial charge < -0.3 is 9.64 Å². The van der Waals surface area contributed by atoms with E-state index in [1.165, 1.54) is 29.7 Å². The molecule has 0 saturated heterocycles. The summed E-state index contributed by atoms with van der Waals surface area (Å²) in [5, 5.41) is 2.23. The van der Waals surface area contributed by atoms with Gasteiger partial charge >= 0.3 is 0 Å². The zero-order chi connectivity index (χ0) is 18.3. The van der Waals surface area contributed by atoms with Gasteiger partial charge in [0, 0.05) is 19.2 Å². The Labute approximate surface area is 152 Å². The SMILES string of the molecule is COc1ccc(CN(C)C(=O)c2ccc3c4c(cccc24)CC3)cc1F. The molecule has 3 aromatic rings. The molecule has 0 aliphatic heterocycles. The molecule has 0 N–H and O–H groups in total. The summed E-state index contributed by atoms with van der Waals surface area (Å²) in [7, 11) is 3.18. The summed E-state index contributed by atoms with van der Waals surface area (Å²) < 4.78 is 18.8. The second-order valence-corrected chi connectivity index (χ2v) is 6.74. The largest absolute Gasteiger partial charge is 0.494 e. The molecular weight excluding hydrogens is 329 g/mol. The Kier molecular flexibility index (Phi) is 4.11. The number of carbonyl (C=O) groups is 1. The highest BCUT2D eigenvalue weighted by Crippen LogP contribution is 2.33. The lowest BCUT2D eigenvalue weighted by molar-refractivity contribution is 0.0787. The molecule has 0 spiro atoms. The van der Waals surface area contributed by atoms with E-state index in [2.05, 4.69) is 12.1 Å². The fraction of sp³-hybridized carbons (Fsp3) is 0.227. The number of nitrogens with zero attached hydrogens (tertiary/aromatic N) is 1. The molecule has 4 heteroatoms. The van der Waals surface area contributed by atoms with E-state index in [4.69, 9.17) is 4.74 Å². The number of aryl methyl sites for hydroxylation is 2. The Balaban J connectivity index is 1.64. The van der Waals surface area contributed by atoms with Gasteiger partial charge in [0.25, 0.3) is 5.91 Å². The molecule has 0 radical (unpaired) electrons. The minimum absolute atomic E-state index is 0.0585. The lowest BCUT2D eigenvalue weighted by Gasteiger charge is -2.19. The van der Waals surface area contributed by atoms with E-state index < -0.39 is 5.82 Å². The lowest BCUT2D eigenvalue weighted by atomic mass is 9.99. The van der Waals surface area contributed by atoms with Crippen LogP contribution < -0.4 is 4.74 Å². The van der Waals surface area contributed by atoms with Crippen molar-refractivity contribution in [1.29, 1.82) is 0 Å². The summed E-state index contributed by atoms with van der Waals surface area (Å²) in [5.41, 5.74) is 4.05. The number of hydrogen-bond donors (Lipinski definition) is 0. The monoisotopic (exact) mass is 349 g/mol. The van der Waals surface area contributed by atoms with Crippen molar-refractivity contribution >= 4 is 16.7 Å². The Hall–Kier alpha value is -2.88. The van der Waals surface area contributed by atoms with Gasteiger partial charge in [-0.15, -0.1) is 0 Å². The molecule has 0 unspecified atom stereocenters. The smallest absolute Gasteiger partial charge is 0.254 e. The second-order valence-electron chi connectivity index (χ2n) is 6.74. The van der Waals surface area contributed by atoms with Crippen molar-refractivity contribution in [2.45, 2.75) is 19.4 Å². The summed E-state index contributed by atoms with van der Waals surface area (Å²) in [5.74, 6) is -0.275. The molecule has 3 aromatic carbocycles. The molecule has 4 rings (SSSR count). The molecule has 1 amide bonds. The Morgan fingerprint density at radius 1 is 1.12 bits per heavy atom. The van der Waals surface area contributed by atoms with Gasteiger partial charge in [0.05, 0.1) is 7.11 Å². The van der Waals surface area contributed by atoms with Gasteiger partial charge in [-0.25, -0.2) is 4.39 Å². The van der Waals surface area contributed by atoms with Gasteiger partial charge in [-0.05, 0) is 58.5 Å². The quantitative estimate of drug-likeness (QED) is 0.700. The molecule has 0 saturated carbocycles. The van der Waals surface area contributed by atoms with Crippen LogP contribution >= 0.6 is 0 Å². The first-order valence-corrected chi connectivity index (χ1v) is 8.70. The van der Waals surface area contributed by atoms with Crippen molar-refractivity contribution in [3.8, 4) is 5.75 Å². The van der Waals surface area contributed by atoms with E-state index in [0.29, 0.717) is 12.1 Å². The van der Waals surface area contributed by atoms with Crippen LogP contribution in [0.3, 0.4) is 0 Å². The Morgan fingerprint density at radius 3 is 2.62 bits per heavy atom. The molecule has 1 aliphatic rings. The maximum Gasteiger partial charge on any atom is 0.254 e. The van der Waals surface area contributed by atoms with Crippen molar-refractivity contribution in [2.24, 2.45) is 0 Å². The molecule has 0 heterocycles. The van der Waals surface area contributed by atoms with Crippen LogP contribution in [0.15, 0.2) is 48.5 Å². The van der Waals surface area contributed by atoms with Crippen LogP contribution in [0.4, 0.5) is 4.39 Å². The molecule has 26 heavy (non-hydrogen) atoms. The fourth-order valence-corrected chi connectivity index (χ4v) is 3.79. The molecule has 0 fully saturated rings. The van der Waals surface area contributed by atoms with Crippen molar-refractivity contribution in [3.05, 3.63) is 76.6 Å². The zero-order valence-electron chi connectivity index (χ0n) is 14.9. The first-order chi connectivity index (χ1) is 12.6. The number of hydrogen-bond acceptors (Lipinski definition) is 2. The highest BCUT2D eigenvalue weighted by molar-refractivity contribution is 6.09. The van der Waals surface area contributed by atoms with E-state index in [9.17, 15) is 9.18 Å². The van der Waals surface area contributed by atoms with E-state index in [1.54, 1.807) is 24.1 Å². The van der Waals surface area contributed by atoms with Crippen LogP contribution in [-0.4, -0.2) is 25.0 Å². The average molecular weight is 349 g/mol. The summed E-state index contributed by atoms with van der Waals surface area (Å²) in [6.07, 6.45) is 2.07. The molecule has 1 aliphatic carbocycles. The standard InChI is InChI=1S/C22H20FNO2/c1-24(13-14-6-11-20(26-2)19(23)12-14)22(25)18-10-9-16-8-7-15-4-3-5-17(18)21(15)16/h3-6,9-12H,7-8,13H2,1-2H3. The van der Waals surface area contributed by atoms with Gasteiger partial charge in [-0.1, -0.05) is 30.3 Å². The first-order valence-electron chi connectivity index (χ1n) is 8.70. The third kappa shape index (κ3) is 2.71. The number of benzene rings is 3. The molecule has 0 atom stereocenters. The van der Waals surface area contributed by atoms with Crippen LogP contribution in [0, 0.1) is 5.82 Å². The minimum Gasteiger partial charge on any atom is -0.494 e. The van der Waals surface area contributed by atoms with Crippen LogP contribution in [0.5, 0.6) is 5.75 Å². The van der Waals surface area contributed by atoms with Gasteiger partial charge in [0.1, 0.15) is 0 Å². The number of carbonyl (C=O) groups excluding carboxylic acids is 1. The third-order valence-electron chi connectivity index (χ3n) is 5.09. The summed E-state index contributed by atoms with van der Waals surface area (Å²) in [4.78, 5) is 14.6. The van der Waals surface area contributed by atoms with Crippen molar-refractivity contribution in [3.63, 3.8) is 0 Å². The van der Waals surface area contributed by atoms with Gasteiger partial charge in [-0.3, -0.25) is 4.79 Å².